The average molecular weight is 461 g/mol. The second-order valence-electron chi connectivity index (χ2n) is 5.23. The molecule has 1 unspecified atom stereocenters. The fourth-order valence-corrected chi connectivity index (χ4v) is 2.92. The van der Waals surface area contributed by atoms with Crippen molar-refractivity contribution in [3.05, 3.63) is 46.2 Å². The molecule has 0 saturated heterocycles. The molecule has 0 spiro atoms. The quantitative estimate of drug-likeness (QED) is 0.376. The second kappa shape index (κ2) is 10.4. The molecule has 3 N–H and O–H groups in total. The Balaban J connectivity index is 0.00000288. The van der Waals surface area contributed by atoms with Crippen LogP contribution in [0, 0.1) is 0 Å². The number of hydrogen-bond donors (Lipinski definition) is 2. The van der Waals surface area contributed by atoms with Crippen LogP contribution < -0.4 is 20.5 Å². The summed E-state index contributed by atoms with van der Waals surface area (Å²) in [5.41, 5.74) is 8.26. The van der Waals surface area contributed by atoms with E-state index in [2.05, 4.69) is 34.1 Å². The summed E-state index contributed by atoms with van der Waals surface area (Å²) in [5, 5.41) is 7.41. The van der Waals surface area contributed by atoms with Crippen LogP contribution in [0.1, 0.15) is 24.0 Å². The molecule has 7 heteroatoms. The molecule has 24 heavy (non-hydrogen) atoms. The Hall–Kier alpha value is -1.48. The molecule has 0 amide bonds. The Kier molecular flexibility index (Phi) is 8.91. The lowest BCUT2D eigenvalue weighted by atomic mass is 10.1. The zero-order valence-corrected chi connectivity index (χ0v) is 17.3. The van der Waals surface area contributed by atoms with Gasteiger partial charge in [0.25, 0.3) is 0 Å². The van der Waals surface area contributed by atoms with Crippen molar-refractivity contribution < 1.29 is 9.47 Å². The van der Waals surface area contributed by atoms with E-state index in [-0.39, 0.29) is 24.0 Å². The van der Waals surface area contributed by atoms with Crippen LogP contribution >= 0.6 is 35.3 Å². The Labute approximate surface area is 164 Å². The Morgan fingerprint density at radius 3 is 2.62 bits per heavy atom. The minimum atomic E-state index is 0. The maximum Gasteiger partial charge on any atom is 0.188 e. The molecule has 0 aliphatic rings. The van der Waals surface area contributed by atoms with Gasteiger partial charge in [0, 0.05) is 6.54 Å². The van der Waals surface area contributed by atoms with Crippen molar-refractivity contribution in [2.24, 2.45) is 10.7 Å². The molecule has 2 rings (SSSR count). The van der Waals surface area contributed by atoms with Gasteiger partial charge in [-0.05, 0) is 46.0 Å². The fourth-order valence-electron chi connectivity index (χ4n) is 2.14. The van der Waals surface area contributed by atoms with Gasteiger partial charge in [0.05, 0.1) is 20.8 Å². The number of nitrogens with zero attached hydrogens (tertiary/aromatic N) is 1. The molecule has 0 fully saturated rings. The number of rotatable bonds is 7. The first-order chi connectivity index (χ1) is 11.1. The highest BCUT2D eigenvalue weighted by molar-refractivity contribution is 14.0. The van der Waals surface area contributed by atoms with Crippen LogP contribution in [-0.4, -0.2) is 26.7 Å². The van der Waals surface area contributed by atoms with Gasteiger partial charge >= 0.3 is 0 Å². The van der Waals surface area contributed by atoms with Crippen molar-refractivity contribution >= 4 is 41.3 Å². The number of benzene rings is 1. The van der Waals surface area contributed by atoms with E-state index in [1.165, 1.54) is 5.56 Å². The molecular weight excluding hydrogens is 437 g/mol. The number of ether oxygens (including phenoxy) is 2. The third-order valence-corrected chi connectivity index (χ3v) is 4.28. The highest BCUT2D eigenvalue weighted by Gasteiger charge is 2.06. The van der Waals surface area contributed by atoms with E-state index < -0.39 is 0 Å². The summed E-state index contributed by atoms with van der Waals surface area (Å²) in [6, 6.07) is 7.86. The summed E-state index contributed by atoms with van der Waals surface area (Å²) in [5.74, 6) is 2.24. The maximum atomic E-state index is 5.94. The molecule has 0 radical (unpaired) electrons. The van der Waals surface area contributed by atoms with Gasteiger partial charge in [0.15, 0.2) is 17.5 Å². The number of hydrogen-bond acceptors (Lipinski definition) is 4. The molecule has 132 valence electrons. The molecule has 5 nitrogen and oxygen atoms in total. The van der Waals surface area contributed by atoms with Crippen molar-refractivity contribution in [2.75, 3.05) is 20.8 Å². The van der Waals surface area contributed by atoms with Crippen molar-refractivity contribution in [2.45, 2.75) is 19.4 Å². The van der Waals surface area contributed by atoms with E-state index in [0.717, 1.165) is 12.1 Å². The van der Waals surface area contributed by atoms with Gasteiger partial charge in [-0.3, -0.25) is 0 Å². The number of halogens is 1. The Morgan fingerprint density at radius 1 is 1.25 bits per heavy atom. The third-order valence-electron chi connectivity index (χ3n) is 3.58. The first kappa shape index (κ1) is 20.6. The van der Waals surface area contributed by atoms with Gasteiger partial charge in [-0.15, -0.1) is 24.0 Å². The van der Waals surface area contributed by atoms with E-state index in [9.17, 15) is 0 Å². The molecule has 0 saturated carbocycles. The third kappa shape index (κ3) is 5.86. The first-order valence-corrected chi connectivity index (χ1v) is 8.35. The fraction of sp³-hybridized carbons (Fsp3) is 0.353. The van der Waals surface area contributed by atoms with E-state index in [0.29, 0.717) is 29.9 Å². The van der Waals surface area contributed by atoms with Crippen molar-refractivity contribution in [1.29, 1.82) is 0 Å². The molecule has 2 aromatic rings. The van der Waals surface area contributed by atoms with Crippen molar-refractivity contribution in [3.8, 4) is 11.5 Å². The highest BCUT2D eigenvalue weighted by atomic mass is 127. The first-order valence-electron chi connectivity index (χ1n) is 7.40. The summed E-state index contributed by atoms with van der Waals surface area (Å²) in [7, 11) is 3.24. The lowest BCUT2D eigenvalue weighted by molar-refractivity contribution is 0.354. The predicted octanol–water partition coefficient (Wildman–Crippen LogP) is 3.59. The molecule has 1 aromatic carbocycles. The molecule has 1 aromatic heterocycles. The number of nitrogens with one attached hydrogen (secondary N) is 1. The normalized spacial score (nSPS) is 12.2. The molecular formula is C17H24IN3O2S. The standard InChI is InChI=1S/C17H23N3O2S.HI/c1-12(14-6-7-23-11-14)9-19-17(18)20-10-13-4-5-15(21-2)16(8-13)22-3;/h4-8,11-12H,9-10H2,1-3H3,(H3,18,19,20);1H. The number of methoxy groups -OCH3 is 2. The van der Waals surface area contributed by atoms with E-state index >= 15 is 0 Å². The van der Waals surface area contributed by atoms with Gasteiger partial charge in [0.1, 0.15) is 0 Å². The van der Waals surface area contributed by atoms with Crippen LogP contribution in [0.4, 0.5) is 0 Å². The van der Waals surface area contributed by atoms with Crippen LogP contribution in [0.3, 0.4) is 0 Å². The van der Waals surface area contributed by atoms with Gasteiger partial charge in [-0.1, -0.05) is 13.0 Å². The minimum absolute atomic E-state index is 0. The molecule has 1 heterocycles. The van der Waals surface area contributed by atoms with Crippen LogP contribution in [0.15, 0.2) is 40.0 Å². The van der Waals surface area contributed by atoms with Crippen LogP contribution in [0.2, 0.25) is 0 Å². The van der Waals surface area contributed by atoms with Crippen LogP contribution in [0.5, 0.6) is 11.5 Å². The van der Waals surface area contributed by atoms with Gasteiger partial charge in [0.2, 0.25) is 0 Å². The van der Waals surface area contributed by atoms with Gasteiger partial charge in [-0.25, -0.2) is 4.99 Å². The van der Waals surface area contributed by atoms with E-state index in [1.807, 2.05) is 18.2 Å². The van der Waals surface area contributed by atoms with Crippen molar-refractivity contribution in [1.82, 2.24) is 5.32 Å². The highest BCUT2D eigenvalue weighted by Crippen LogP contribution is 2.27. The molecule has 1 atom stereocenters. The summed E-state index contributed by atoms with van der Waals surface area (Å²) < 4.78 is 10.5. The minimum Gasteiger partial charge on any atom is -0.493 e. The van der Waals surface area contributed by atoms with Gasteiger partial charge in [-0.2, -0.15) is 11.3 Å². The topological polar surface area (TPSA) is 68.9 Å². The zero-order chi connectivity index (χ0) is 16.7. The number of guanidine groups is 1. The zero-order valence-electron chi connectivity index (χ0n) is 14.1. The molecule has 0 aliphatic heterocycles. The van der Waals surface area contributed by atoms with Crippen LogP contribution in [-0.2, 0) is 6.54 Å². The Morgan fingerprint density at radius 2 is 2.00 bits per heavy atom. The second-order valence-corrected chi connectivity index (χ2v) is 6.01. The summed E-state index contributed by atoms with van der Waals surface area (Å²) in [6.45, 7) is 3.42. The predicted molar refractivity (Wildman–Crippen MR) is 111 cm³/mol. The SMILES string of the molecule is COc1ccc(CN=C(N)NCC(C)c2ccsc2)cc1OC.I. The lowest BCUT2D eigenvalue weighted by Crippen LogP contribution is -2.34. The van der Waals surface area contributed by atoms with E-state index in [4.69, 9.17) is 15.2 Å². The molecule has 0 aliphatic carbocycles. The summed E-state index contributed by atoms with van der Waals surface area (Å²) >= 11 is 1.70. The monoisotopic (exact) mass is 461 g/mol. The van der Waals surface area contributed by atoms with E-state index in [1.54, 1.807) is 25.6 Å². The smallest absolute Gasteiger partial charge is 0.188 e. The summed E-state index contributed by atoms with van der Waals surface area (Å²) in [6.07, 6.45) is 0. The average Bonchev–Trinajstić information content (AvgIpc) is 3.12. The van der Waals surface area contributed by atoms with Crippen molar-refractivity contribution in [3.63, 3.8) is 0 Å². The number of aliphatic imine (C=N–C) groups is 1. The largest absolute Gasteiger partial charge is 0.493 e. The number of thiophene rings is 1. The number of nitrogens with two attached hydrogens (primary N) is 1. The lowest BCUT2D eigenvalue weighted by Gasteiger charge is -2.12. The van der Waals surface area contributed by atoms with Gasteiger partial charge < -0.3 is 20.5 Å². The maximum absolute atomic E-state index is 5.94. The summed E-state index contributed by atoms with van der Waals surface area (Å²) in [4.78, 5) is 4.37. The Bertz CT molecular complexity index is 647. The van der Waals surface area contributed by atoms with Crippen LogP contribution in [0.25, 0.3) is 0 Å². The molecule has 0 bridgehead atoms.